The zero-order valence-electron chi connectivity index (χ0n) is 45.5. The lowest BCUT2D eigenvalue weighted by Gasteiger charge is -2.43. The molecule has 3 fully saturated rings. The molecule has 1 saturated carbocycles. The Balaban J connectivity index is 1.70. The van der Waals surface area contributed by atoms with Gasteiger partial charge < -0.3 is 53.4 Å². The van der Waals surface area contributed by atoms with Gasteiger partial charge in [0.25, 0.3) is 11.7 Å². The number of ether oxygens (including phenoxy) is 7. The molecule has 0 spiro atoms. The molecule has 0 radical (unpaired) electrons. The first-order valence-corrected chi connectivity index (χ1v) is 26.7. The third kappa shape index (κ3) is 17.9. The van der Waals surface area contributed by atoms with Gasteiger partial charge in [-0.2, -0.15) is 0 Å². The Labute approximate surface area is 434 Å². The summed E-state index contributed by atoms with van der Waals surface area (Å²) in [5, 5.41) is 32.9. The lowest BCUT2D eigenvalue weighted by molar-refractivity contribution is -0.266. The Bertz CT molecular complexity index is 1960. The van der Waals surface area contributed by atoms with Gasteiger partial charge in [0.05, 0.1) is 50.7 Å². The number of amides is 1. The van der Waals surface area contributed by atoms with Crippen molar-refractivity contribution in [2.45, 2.75) is 186 Å². The van der Waals surface area contributed by atoms with E-state index in [-0.39, 0.29) is 74.1 Å². The van der Waals surface area contributed by atoms with Gasteiger partial charge in [-0.05, 0) is 118 Å². The third-order valence-corrected chi connectivity index (χ3v) is 15.7. The molecule has 4 rings (SSSR count). The monoisotopic (exact) mass is 1030 g/mol. The second-order valence-electron chi connectivity index (χ2n) is 21.4. The Morgan fingerprint density at radius 2 is 1.62 bits per heavy atom. The van der Waals surface area contributed by atoms with E-state index >= 15 is 0 Å². The quantitative estimate of drug-likeness (QED) is 0.0698. The van der Waals surface area contributed by atoms with Gasteiger partial charge in [0.1, 0.15) is 30.1 Å². The molecule has 0 aromatic carbocycles. The van der Waals surface area contributed by atoms with Crippen LogP contribution in [0.4, 0.5) is 0 Å². The Hall–Kier alpha value is -3.87. The molecule has 0 aromatic rings. The molecule has 1 aliphatic carbocycles. The topological polar surface area (TPSA) is 214 Å². The van der Waals surface area contributed by atoms with Crippen LogP contribution in [0.3, 0.4) is 0 Å². The summed E-state index contributed by atoms with van der Waals surface area (Å²) in [6.45, 7) is 18.3. The van der Waals surface area contributed by atoms with Crippen molar-refractivity contribution in [3.63, 3.8) is 0 Å². The molecule has 15 atom stereocenters. The zero-order chi connectivity index (χ0) is 54.0. The van der Waals surface area contributed by atoms with Crippen LogP contribution >= 0.6 is 0 Å². The van der Waals surface area contributed by atoms with Crippen molar-refractivity contribution in [3.8, 4) is 0 Å². The number of piperidine rings is 1. The molecule has 3 aliphatic heterocycles. The fraction of sp³-hybridized carbons (Fsp3) is 0.737. The second-order valence-corrected chi connectivity index (χ2v) is 21.4. The number of aliphatic carboxylic acids is 1. The normalized spacial score (nSPS) is 37.2. The lowest BCUT2D eigenvalue weighted by Crippen LogP contribution is -2.61. The molecular weight excluding hydrogens is 939 g/mol. The second kappa shape index (κ2) is 30.0. The summed E-state index contributed by atoms with van der Waals surface area (Å²) in [4.78, 5) is 70.1. The number of hydrogen-bond donors (Lipinski definition) is 3. The number of cyclic esters (lactones) is 1. The Morgan fingerprint density at radius 3 is 2.30 bits per heavy atom. The van der Waals surface area contributed by atoms with Crippen LogP contribution in [0.1, 0.15) is 132 Å². The number of carbonyl (C=O) groups excluding carboxylic acids is 4. The first-order chi connectivity index (χ1) is 34.6. The summed E-state index contributed by atoms with van der Waals surface area (Å²) in [6.07, 6.45) is 12.6. The van der Waals surface area contributed by atoms with Crippen LogP contribution in [0, 0.1) is 35.5 Å². The molecule has 15 unspecified atom stereocenters. The molecule has 73 heavy (non-hydrogen) atoms. The van der Waals surface area contributed by atoms with Crippen LogP contribution in [-0.4, -0.2) is 152 Å². The predicted molar refractivity (Wildman–Crippen MR) is 276 cm³/mol. The van der Waals surface area contributed by atoms with Crippen molar-refractivity contribution < 1.29 is 72.5 Å². The third-order valence-electron chi connectivity index (χ3n) is 15.7. The van der Waals surface area contributed by atoms with Gasteiger partial charge in [0.2, 0.25) is 5.79 Å². The first-order valence-electron chi connectivity index (χ1n) is 26.7. The minimum atomic E-state index is -2.46. The first kappa shape index (κ1) is 61.7. The number of methoxy groups -OCH3 is 3. The highest BCUT2D eigenvalue weighted by molar-refractivity contribution is 6.39. The molecule has 16 nitrogen and oxygen atoms in total. The van der Waals surface area contributed by atoms with E-state index < -0.39 is 77.8 Å². The van der Waals surface area contributed by atoms with E-state index in [9.17, 15) is 34.2 Å². The summed E-state index contributed by atoms with van der Waals surface area (Å²) in [5.41, 5.74) is 2.13. The van der Waals surface area contributed by atoms with E-state index in [4.69, 9.17) is 38.3 Å². The summed E-state index contributed by atoms with van der Waals surface area (Å²) >= 11 is 0. The Kier molecular flexibility index (Phi) is 25.4. The average Bonchev–Trinajstić information content (AvgIpc) is 3.36. The van der Waals surface area contributed by atoms with Gasteiger partial charge in [0, 0.05) is 52.6 Å². The van der Waals surface area contributed by atoms with Crippen molar-refractivity contribution >= 4 is 29.4 Å². The smallest absolute Gasteiger partial charge is 0.329 e. The van der Waals surface area contributed by atoms with Crippen LogP contribution in [0.2, 0.25) is 0 Å². The number of rotatable bonds is 13. The fourth-order valence-corrected chi connectivity index (χ4v) is 10.9. The molecule has 2 bridgehead atoms. The SMILES string of the molecule is C=C1C(C)CC(C)/C=C/C=C/C=C(\C)C(OCCOC)CC2CCC(C)C(O)(O2)C(=O)C(=O)N2CCCCC2C(=O)OC(C(C)CC2CCC(OCCC(=O)O)C(OC)C2)CC(=O)C(C)/C=C(\C)C(O)C1OC. The van der Waals surface area contributed by atoms with E-state index in [0.717, 1.165) is 24.0 Å². The number of carboxylic acid groups (broad SMARTS) is 1. The molecule has 412 valence electrons. The molecule has 16 heteroatoms. The number of hydrogen-bond acceptors (Lipinski definition) is 14. The minimum Gasteiger partial charge on any atom is -0.481 e. The molecule has 3 N–H and O–H groups in total. The maximum Gasteiger partial charge on any atom is 0.329 e. The number of aliphatic hydroxyl groups is 2. The number of allylic oxidation sites excluding steroid dienone is 6. The van der Waals surface area contributed by atoms with Crippen molar-refractivity contribution in [2.24, 2.45) is 35.5 Å². The number of nitrogens with zero attached hydrogens (tertiary/aromatic N) is 1. The number of Topliss-reactive ketones (excluding diaryl/α,β-unsaturated/α-hetero) is 2. The van der Waals surface area contributed by atoms with Crippen molar-refractivity contribution in [1.29, 1.82) is 0 Å². The van der Waals surface area contributed by atoms with Gasteiger partial charge in [-0.1, -0.05) is 77.7 Å². The number of carbonyl (C=O) groups is 5. The van der Waals surface area contributed by atoms with Crippen molar-refractivity contribution in [2.75, 3.05) is 47.7 Å². The van der Waals surface area contributed by atoms with E-state index in [1.165, 1.54) is 12.0 Å². The van der Waals surface area contributed by atoms with Crippen molar-refractivity contribution in [3.05, 3.63) is 59.8 Å². The summed E-state index contributed by atoms with van der Waals surface area (Å²) in [6, 6.07) is -1.16. The van der Waals surface area contributed by atoms with E-state index in [0.29, 0.717) is 70.2 Å². The number of fused-ring (bicyclic) bond motifs is 3. The van der Waals surface area contributed by atoms with Crippen molar-refractivity contribution in [1.82, 2.24) is 4.90 Å². The van der Waals surface area contributed by atoms with Gasteiger partial charge in [-0.25, -0.2) is 4.79 Å². The fourth-order valence-electron chi connectivity index (χ4n) is 10.9. The minimum absolute atomic E-state index is 0.0257. The van der Waals surface area contributed by atoms with Crippen LogP contribution in [0.5, 0.6) is 0 Å². The predicted octanol–water partition coefficient (Wildman–Crippen LogP) is 7.68. The number of esters is 1. The molecule has 4 aliphatic rings. The van der Waals surface area contributed by atoms with Crippen LogP contribution in [0.25, 0.3) is 0 Å². The Morgan fingerprint density at radius 1 is 0.877 bits per heavy atom. The molecular formula is C57H89NO15. The van der Waals surface area contributed by atoms with E-state index in [2.05, 4.69) is 26.5 Å². The van der Waals surface area contributed by atoms with Gasteiger partial charge >= 0.3 is 11.9 Å². The standard InChI is InChI=1S/C57H89NO15/c1-35-17-13-12-14-18-36(2)48(71-28-27-67-9)33-44-22-20-41(7)57(66,73-44)54(63)55(64)58-25-16-15-19-45(58)56(65)72-49(39(5)31-43-21-23-47(50(32-43)68-10)70-26-24-51(60)61)34-46(59)38(4)30-40(6)52(62)53(69-11)42(8)37(3)29-35/h12-14,17-18,30,35,37-39,41,43-45,47-50,52-53,62,66H,8,15-16,19-29,31-34H2,1-7,9-11H3,(H,60,61)/b14-12+,17-13+,36-18+,40-30+. The van der Waals surface area contributed by atoms with E-state index in [1.807, 2.05) is 38.2 Å². The van der Waals surface area contributed by atoms with Crippen LogP contribution in [-0.2, 0) is 57.1 Å². The molecule has 1 amide bonds. The maximum absolute atomic E-state index is 14.6. The summed E-state index contributed by atoms with van der Waals surface area (Å²) in [5.74, 6) is -8.14. The van der Waals surface area contributed by atoms with Gasteiger partial charge in [-0.15, -0.1) is 0 Å². The highest BCUT2D eigenvalue weighted by atomic mass is 16.6. The number of ketones is 2. The maximum atomic E-state index is 14.6. The summed E-state index contributed by atoms with van der Waals surface area (Å²) < 4.78 is 41.7. The highest BCUT2D eigenvalue weighted by Gasteiger charge is 2.53. The lowest BCUT2D eigenvalue weighted by atomic mass is 9.78. The number of carboxylic acids is 1. The van der Waals surface area contributed by atoms with Gasteiger partial charge in [0.15, 0.2) is 0 Å². The molecule has 0 aromatic heterocycles. The van der Waals surface area contributed by atoms with Gasteiger partial charge in [-0.3, -0.25) is 19.2 Å². The van der Waals surface area contributed by atoms with E-state index in [1.54, 1.807) is 41.1 Å². The zero-order valence-corrected chi connectivity index (χ0v) is 45.5. The molecule has 3 heterocycles. The summed E-state index contributed by atoms with van der Waals surface area (Å²) in [7, 11) is 4.71. The van der Waals surface area contributed by atoms with Crippen LogP contribution < -0.4 is 0 Å². The highest BCUT2D eigenvalue weighted by Crippen LogP contribution is 2.38. The van der Waals surface area contributed by atoms with Crippen LogP contribution in [0.15, 0.2) is 59.8 Å². The largest absolute Gasteiger partial charge is 0.481 e. The average molecular weight is 1030 g/mol. The molecule has 2 saturated heterocycles. The number of aliphatic hydroxyl groups excluding tert-OH is 1.